The Kier molecular flexibility index (Phi) is 4.60. The lowest BCUT2D eigenvalue weighted by Gasteiger charge is -2.31. The second kappa shape index (κ2) is 6.34. The second-order valence-electron chi connectivity index (χ2n) is 6.95. The van der Waals surface area contributed by atoms with Crippen molar-refractivity contribution >= 4 is 28.0 Å². The molecule has 144 valence electrons. The van der Waals surface area contributed by atoms with E-state index in [4.69, 9.17) is 13.7 Å². The average molecular weight is 388 g/mol. The van der Waals surface area contributed by atoms with E-state index in [9.17, 15) is 22.8 Å². The minimum atomic E-state index is -3.99. The molecule has 0 N–H and O–H groups in total. The lowest BCUT2D eigenvalue weighted by atomic mass is 9.82. The smallest absolute Gasteiger partial charge is 0.344 e. The number of rotatable bonds is 6. The lowest BCUT2D eigenvalue weighted by molar-refractivity contribution is -0.166. The molecule has 0 amide bonds. The summed E-state index contributed by atoms with van der Waals surface area (Å²) in [4.78, 5) is 34.9. The summed E-state index contributed by atoms with van der Waals surface area (Å²) in [6.45, 7) is 4.26. The van der Waals surface area contributed by atoms with E-state index >= 15 is 0 Å². The molecule has 2 aliphatic carbocycles. The maximum Gasteiger partial charge on any atom is 0.344 e. The van der Waals surface area contributed by atoms with E-state index in [0.717, 1.165) is 0 Å². The van der Waals surface area contributed by atoms with Crippen LogP contribution in [0.25, 0.3) is 0 Å². The van der Waals surface area contributed by atoms with Crippen LogP contribution in [0.5, 0.6) is 0 Å². The van der Waals surface area contributed by atoms with Gasteiger partial charge in [0.1, 0.15) is 17.0 Å². The van der Waals surface area contributed by atoms with Gasteiger partial charge >= 0.3 is 17.9 Å². The molecule has 10 heteroatoms. The minimum Gasteiger partial charge on any atom is -0.469 e. The van der Waals surface area contributed by atoms with Crippen molar-refractivity contribution in [3.63, 3.8) is 0 Å². The molecule has 0 spiro atoms. The molecule has 2 bridgehead atoms. The van der Waals surface area contributed by atoms with Crippen molar-refractivity contribution in [3.05, 3.63) is 12.2 Å². The number of esters is 3. The molecule has 0 aromatic carbocycles. The first kappa shape index (κ1) is 18.8. The standard InChI is InChI=1S/C16H20O9S/c1-8(2)15(19)23-7-12(18)24-13-9-4-10-14(13)25-26(20,21)16(10,5-9)6-11(17)22-3/h9-10,13-14H,1,4-7H2,2-3H3. The zero-order chi connectivity index (χ0) is 19.3. The van der Waals surface area contributed by atoms with Crippen LogP contribution in [0.4, 0.5) is 0 Å². The number of carbonyl (C=O) groups excluding carboxylic acids is 3. The molecule has 5 atom stereocenters. The van der Waals surface area contributed by atoms with Crippen molar-refractivity contribution in [2.45, 2.75) is 43.1 Å². The Hall–Kier alpha value is -1.94. The lowest BCUT2D eigenvalue weighted by Crippen LogP contribution is -2.46. The Balaban J connectivity index is 1.69. The first-order valence-corrected chi connectivity index (χ1v) is 9.54. The summed E-state index contributed by atoms with van der Waals surface area (Å²) in [5.41, 5.74) is 0.149. The van der Waals surface area contributed by atoms with E-state index < -0.39 is 57.5 Å². The molecule has 1 saturated heterocycles. The van der Waals surface area contributed by atoms with Gasteiger partial charge in [-0.2, -0.15) is 8.42 Å². The molecule has 3 rings (SSSR count). The van der Waals surface area contributed by atoms with Gasteiger partial charge in [-0.05, 0) is 19.8 Å². The van der Waals surface area contributed by atoms with E-state index in [1.54, 1.807) is 0 Å². The Morgan fingerprint density at radius 3 is 2.58 bits per heavy atom. The summed E-state index contributed by atoms with van der Waals surface area (Å²) in [6.07, 6.45) is -1.22. The van der Waals surface area contributed by atoms with Gasteiger partial charge in [-0.1, -0.05) is 6.58 Å². The van der Waals surface area contributed by atoms with Crippen LogP contribution in [0.2, 0.25) is 0 Å². The van der Waals surface area contributed by atoms with Gasteiger partial charge < -0.3 is 14.2 Å². The molecular formula is C16H20O9S. The van der Waals surface area contributed by atoms with Gasteiger partial charge in [-0.25, -0.2) is 9.59 Å². The molecule has 3 aliphatic rings. The van der Waals surface area contributed by atoms with Crippen molar-refractivity contribution < 1.29 is 41.2 Å². The number of hydrogen-bond acceptors (Lipinski definition) is 9. The fourth-order valence-corrected chi connectivity index (χ4v) is 6.30. The van der Waals surface area contributed by atoms with Crippen molar-refractivity contribution in [2.75, 3.05) is 13.7 Å². The van der Waals surface area contributed by atoms with Gasteiger partial charge in [0.2, 0.25) is 0 Å². The van der Waals surface area contributed by atoms with Crippen molar-refractivity contribution in [1.29, 1.82) is 0 Å². The van der Waals surface area contributed by atoms with Crippen molar-refractivity contribution in [3.8, 4) is 0 Å². The highest BCUT2D eigenvalue weighted by Gasteiger charge is 2.74. The van der Waals surface area contributed by atoms with Gasteiger partial charge in [-0.3, -0.25) is 8.98 Å². The van der Waals surface area contributed by atoms with Crippen LogP contribution < -0.4 is 0 Å². The van der Waals surface area contributed by atoms with Gasteiger partial charge in [0.15, 0.2) is 6.61 Å². The Bertz CT molecular complexity index is 771. The number of methoxy groups -OCH3 is 1. The summed E-state index contributed by atoms with van der Waals surface area (Å²) < 4.78 is 43.6. The topological polar surface area (TPSA) is 122 Å². The third-order valence-electron chi connectivity index (χ3n) is 5.37. The largest absolute Gasteiger partial charge is 0.469 e. The maximum absolute atomic E-state index is 12.5. The van der Waals surface area contributed by atoms with Crippen LogP contribution in [-0.4, -0.2) is 57.0 Å². The zero-order valence-corrected chi connectivity index (χ0v) is 15.2. The first-order chi connectivity index (χ1) is 12.1. The van der Waals surface area contributed by atoms with Crippen LogP contribution in [0.15, 0.2) is 12.2 Å². The summed E-state index contributed by atoms with van der Waals surface area (Å²) in [5.74, 6) is -2.80. The summed E-state index contributed by atoms with van der Waals surface area (Å²) in [5, 5.41) is 0. The van der Waals surface area contributed by atoms with Crippen LogP contribution in [0, 0.1) is 11.8 Å². The minimum absolute atomic E-state index is 0.149. The zero-order valence-electron chi connectivity index (χ0n) is 14.4. The summed E-state index contributed by atoms with van der Waals surface area (Å²) in [7, 11) is -2.80. The predicted octanol–water partition coefficient (Wildman–Crippen LogP) is 0.0878. The molecule has 0 aromatic rings. The number of ether oxygens (including phenoxy) is 3. The third kappa shape index (κ3) is 2.81. The molecule has 0 radical (unpaired) electrons. The van der Waals surface area contributed by atoms with Crippen molar-refractivity contribution in [2.24, 2.45) is 11.8 Å². The number of hydrogen-bond donors (Lipinski definition) is 0. The SMILES string of the molecule is C=C(C)C(=O)OCC(=O)OC1C2CC3C1OS(=O)(=O)C3(CC(=O)OC)C2. The van der Waals surface area contributed by atoms with Crippen LogP contribution in [0.3, 0.4) is 0 Å². The maximum atomic E-state index is 12.5. The number of fused-ring (bicyclic) bond motifs is 1. The number of carbonyl (C=O) groups is 3. The van der Waals surface area contributed by atoms with Crippen LogP contribution >= 0.6 is 0 Å². The van der Waals surface area contributed by atoms with Crippen molar-refractivity contribution in [1.82, 2.24) is 0 Å². The van der Waals surface area contributed by atoms with Crippen LogP contribution in [-0.2, 0) is 42.9 Å². The van der Waals surface area contributed by atoms with Gasteiger partial charge in [-0.15, -0.1) is 0 Å². The Morgan fingerprint density at radius 2 is 1.96 bits per heavy atom. The fourth-order valence-electron chi connectivity index (χ4n) is 4.26. The fraction of sp³-hybridized carbons (Fsp3) is 0.688. The Morgan fingerprint density at radius 1 is 1.27 bits per heavy atom. The molecule has 26 heavy (non-hydrogen) atoms. The highest BCUT2D eigenvalue weighted by Crippen LogP contribution is 2.63. The molecule has 1 heterocycles. The first-order valence-electron chi connectivity index (χ1n) is 8.13. The average Bonchev–Trinajstić information content (AvgIpc) is 3.13. The predicted molar refractivity (Wildman–Crippen MR) is 85.0 cm³/mol. The molecule has 3 fully saturated rings. The van der Waals surface area contributed by atoms with E-state index in [1.165, 1.54) is 14.0 Å². The van der Waals surface area contributed by atoms with Crippen LogP contribution in [0.1, 0.15) is 26.2 Å². The molecular weight excluding hydrogens is 368 g/mol. The van der Waals surface area contributed by atoms with E-state index in [-0.39, 0.29) is 24.3 Å². The van der Waals surface area contributed by atoms with E-state index in [0.29, 0.717) is 6.42 Å². The molecule has 0 aromatic heterocycles. The van der Waals surface area contributed by atoms with E-state index in [1.807, 2.05) is 0 Å². The van der Waals surface area contributed by atoms with Gasteiger partial charge in [0, 0.05) is 17.4 Å². The highest BCUT2D eigenvalue weighted by molar-refractivity contribution is 7.88. The normalized spacial score (nSPS) is 35.8. The highest BCUT2D eigenvalue weighted by atomic mass is 32.2. The quantitative estimate of drug-likeness (QED) is 0.269. The summed E-state index contributed by atoms with van der Waals surface area (Å²) in [6, 6.07) is 0. The van der Waals surface area contributed by atoms with Gasteiger partial charge in [0.25, 0.3) is 10.1 Å². The molecule has 2 saturated carbocycles. The Labute approximate surface area is 150 Å². The van der Waals surface area contributed by atoms with Gasteiger partial charge in [0.05, 0.1) is 13.5 Å². The molecule has 9 nitrogen and oxygen atoms in total. The molecule has 5 unspecified atom stereocenters. The molecule has 1 aliphatic heterocycles. The third-order valence-corrected chi connectivity index (χ3v) is 7.45. The summed E-state index contributed by atoms with van der Waals surface area (Å²) >= 11 is 0. The monoisotopic (exact) mass is 388 g/mol. The van der Waals surface area contributed by atoms with E-state index in [2.05, 4.69) is 11.3 Å². The second-order valence-corrected chi connectivity index (χ2v) is 8.86.